The van der Waals surface area contributed by atoms with Crippen molar-refractivity contribution in [1.29, 1.82) is 0 Å². The average Bonchev–Trinajstić information content (AvgIpc) is 2.09. The van der Waals surface area contributed by atoms with Crippen molar-refractivity contribution in [2.45, 2.75) is 6.92 Å². The largest absolute Gasteiger partial charge is 0.322 e. The summed E-state index contributed by atoms with van der Waals surface area (Å²) in [7, 11) is 0. The minimum absolute atomic E-state index is 0.0225. The first-order chi connectivity index (χ1) is 6.43. The maximum Gasteiger partial charge on any atom is 0.221 e. The molecule has 0 atom stereocenters. The summed E-state index contributed by atoms with van der Waals surface area (Å²) in [6.07, 6.45) is 1.12. The Balaban J connectivity index is 3.10. The molecule has 0 aromatic carbocycles. The quantitative estimate of drug-likeness (QED) is 0.737. The molecule has 0 aromatic rings. The van der Waals surface area contributed by atoms with Gasteiger partial charge >= 0.3 is 0 Å². The van der Waals surface area contributed by atoms with Gasteiger partial charge in [0, 0.05) is 13.0 Å². The van der Waals surface area contributed by atoms with Crippen LogP contribution in [-0.4, -0.2) is 17.5 Å². The van der Waals surface area contributed by atoms with Crippen molar-refractivity contribution in [2.24, 2.45) is 0 Å². The number of nitrogens with one attached hydrogen (secondary N) is 1. The second-order valence-corrected chi connectivity index (χ2v) is 4.20. The summed E-state index contributed by atoms with van der Waals surface area (Å²) in [6, 6.07) is 0. The molecule has 0 unspecified atom stereocenters. The van der Waals surface area contributed by atoms with Crippen molar-refractivity contribution >= 4 is 49.3 Å². The predicted molar refractivity (Wildman–Crippen MR) is 56.8 cm³/mol. The summed E-state index contributed by atoms with van der Waals surface area (Å²) in [5.74, 6) is -1.18. The van der Waals surface area contributed by atoms with Gasteiger partial charge in [0.1, 0.15) is 5.70 Å². The highest BCUT2D eigenvalue weighted by atomic mass is 79.9. The Hall–Kier alpha value is -0.750. The third-order valence-electron chi connectivity index (χ3n) is 1.44. The number of hydrogen-bond acceptors (Lipinski definition) is 3. The van der Waals surface area contributed by atoms with Crippen LogP contribution in [0.2, 0.25) is 0 Å². The number of halogens is 2. The molecule has 0 bridgehead atoms. The zero-order chi connectivity index (χ0) is 10.9. The van der Waals surface area contributed by atoms with Crippen LogP contribution < -0.4 is 5.32 Å². The van der Waals surface area contributed by atoms with E-state index in [2.05, 4.69) is 37.2 Å². The fourth-order valence-corrected chi connectivity index (χ4v) is 2.05. The first-order valence-corrected chi connectivity index (χ1v) is 5.15. The molecule has 0 heterocycles. The molecule has 1 aliphatic carbocycles. The number of allylic oxidation sites excluding steroid dienone is 3. The summed E-state index contributed by atoms with van der Waals surface area (Å²) in [4.78, 5) is 33.4. The molecule has 6 heteroatoms. The fraction of sp³-hybridized carbons (Fsp3) is 0.125. The van der Waals surface area contributed by atoms with E-state index in [9.17, 15) is 14.4 Å². The lowest BCUT2D eigenvalue weighted by Gasteiger charge is -2.12. The molecular formula is C8H5Br2NO3. The Morgan fingerprint density at radius 1 is 1.36 bits per heavy atom. The molecule has 0 saturated carbocycles. The van der Waals surface area contributed by atoms with Crippen LogP contribution in [0.1, 0.15) is 6.92 Å². The van der Waals surface area contributed by atoms with Gasteiger partial charge in [-0.3, -0.25) is 14.4 Å². The maximum absolute atomic E-state index is 11.3. The monoisotopic (exact) mass is 321 g/mol. The number of carbonyl (C=O) groups excluding carboxylic acids is 3. The zero-order valence-corrected chi connectivity index (χ0v) is 10.2. The van der Waals surface area contributed by atoms with Gasteiger partial charge in [-0.2, -0.15) is 0 Å². The van der Waals surface area contributed by atoms with Crippen LogP contribution in [0, 0.1) is 0 Å². The van der Waals surface area contributed by atoms with E-state index in [-0.39, 0.29) is 20.4 Å². The summed E-state index contributed by atoms with van der Waals surface area (Å²) < 4.78 is 0.232. The molecule has 0 spiro atoms. The Kier molecular flexibility index (Phi) is 3.38. The average molecular weight is 323 g/mol. The van der Waals surface area contributed by atoms with Gasteiger partial charge in [-0.1, -0.05) is 0 Å². The van der Waals surface area contributed by atoms with E-state index in [1.54, 1.807) is 0 Å². The topological polar surface area (TPSA) is 63.2 Å². The number of ketones is 2. The normalized spacial score (nSPS) is 16.9. The van der Waals surface area contributed by atoms with E-state index in [0.717, 1.165) is 6.08 Å². The van der Waals surface area contributed by atoms with E-state index in [0.29, 0.717) is 0 Å². The third kappa shape index (κ3) is 2.19. The number of carbonyl (C=O) groups is 3. The fourth-order valence-electron chi connectivity index (χ4n) is 0.872. The van der Waals surface area contributed by atoms with Gasteiger partial charge in [0.15, 0.2) is 0 Å². The highest BCUT2D eigenvalue weighted by Gasteiger charge is 2.26. The van der Waals surface area contributed by atoms with Gasteiger partial charge in [-0.05, 0) is 31.9 Å². The second kappa shape index (κ2) is 4.18. The lowest BCUT2D eigenvalue weighted by atomic mass is 10.1. The van der Waals surface area contributed by atoms with Gasteiger partial charge in [-0.25, -0.2) is 0 Å². The molecule has 0 radical (unpaired) electrons. The van der Waals surface area contributed by atoms with Crippen LogP contribution in [0.4, 0.5) is 0 Å². The van der Waals surface area contributed by atoms with Gasteiger partial charge in [-0.15, -0.1) is 0 Å². The Bertz CT molecular complexity index is 395. The predicted octanol–water partition coefficient (Wildman–Crippen LogP) is 1.16. The molecule has 0 saturated heterocycles. The van der Waals surface area contributed by atoms with E-state index >= 15 is 0 Å². The van der Waals surface area contributed by atoms with E-state index in [1.807, 2.05) is 0 Å². The van der Waals surface area contributed by atoms with Crippen LogP contribution in [-0.2, 0) is 14.4 Å². The van der Waals surface area contributed by atoms with Gasteiger partial charge in [0.05, 0.1) is 8.96 Å². The summed E-state index contributed by atoms with van der Waals surface area (Å²) in [5.41, 5.74) is -0.0225. The smallest absolute Gasteiger partial charge is 0.221 e. The van der Waals surface area contributed by atoms with Crippen molar-refractivity contribution in [2.75, 3.05) is 0 Å². The lowest BCUT2D eigenvalue weighted by Crippen LogP contribution is -2.29. The highest BCUT2D eigenvalue weighted by Crippen LogP contribution is 2.25. The standard InChI is InChI=1S/C8H5Br2NO3/c1-3(12)11-7-5(13)2-4(9)8(14)6(7)10/h2H,1H3,(H,11,12). The molecule has 0 fully saturated rings. The van der Waals surface area contributed by atoms with Gasteiger partial charge in [0.2, 0.25) is 17.5 Å². The first-order valence-electron chi connectivity index (χ1n) is 3.57. The molecule has 1 N–H and O–H groups in total. The van der Waals surface area contributed by atoms with Crippen molar-refractivity contribution in [3.8, 4) is 0 Å². The summed E-state index contributed by atoms with van der Waals surface area (Å²) >= 11 is 5.90. The number of rotatable bonds is 1. The second-order valence-electron chi connectivity index (χ2n) is 2.56. The van der Waals surface area contributed by atoms with Crippen LogP contribution in [0.3, 0.4) is 0 Å². The summed E-state index contributed by atoms with van der Waals surface area (Å²) in [6.45, 7) is 1.26. The molecule has 1 amide bonds. The molecule has 0 aromatic heterocycles. The minimum atomic E-state index is -0.418. The van der Waals surface area contributed by atoms with Gasteiger partial charge < -0.3 is 5.32 Å². The van der Waals surface area contributed by atoms with Crippen LogP contribution in [0.15, 0.2) is 20.7 Å². The van der Waals surface area contributed by atoms with Crippen LogP contribution in [0.5, 0.6) is 0 Å². The van der Waals surface area contributed by atoms with Crippen molar-refractivity contribution in [3.63, 3.8) is 0 Å². The molecule has 0 aliphatic heterocycles. The van der Waals surface area contributed by atoms with Gasteiger partial charge in [0.25, 0.3) is 0 Å². The molecule has 4 nitrogen and oxygen atoms in total. The SMILES string of the molecule is CC(=O)NC1=C(Br)C(=O)C(Br)=CC1=O. The minimum Gasteiger partial charge on any atom is -0.322 e. The van der Waals surface area contributed by atoms with Crippen molar-refractivity contribution in [3.05, 3.63) is 20.7 Å². The zero-order valence-electron chi connectivity index (χ0n) is 7.06. The molecular weight excluding hydrogens is 318 g/mol. The van der Waals surface area contributed by atoms with E-state index in [4.69, 9.17) is 0 Å². The van der Waals surface area contributed by atoms with Crippen molar-refractivity contribution in [1.82, 2.24) is 5.32 Å². The Morgan fingerprint density at radius 3 is 2.43 bits per heavy atom. The van der Waals surface area contributed by atoms with Crippen LogP contribution >= 0.6 is 31.9 Å². The Morgan fingerprint density at radius 2 is 1.93 bits per heavy atom. The third-order valence-corrected chi connectivity index (χ3v) is 2.79. The molecule has 1 rings (SSSR count). The number of hydrogen-bond donors (Lipinski definition) is 1. The first kappa shape index (κ1) is 11.3. The van der Waals surface area contributed by atoms with Crippen LogP contribution in [0.25, 0.3) is 0 Å². The number of Topliss-reactive ketones (excluding diaryl/α,β-unsaturated/α-hetero) is 1. The summed E-state index contributed by atoms with van der Waals surface area (Å²) in [5, 5.41) is 2.29. The molecule has 1 aliphatic rings. The number of amides is 1. The lowest BCUT2D eigenvalue weighted by molar-refractivity contribution is -0.120. The van der Waals surface area contributed by atoms with E-state index in [1.165, 1.54) is 6.92 Å². The highest BCUT2D eigenvalue weighted by molar-refractivity contribution is 9.13. The molecule has 74 valence electrons. The molecule has 14 heavy (non-hydrogen) atoms. The van der Waals surface area contributed by atoms with Crippen molar-refractivity contribution < 1.29 is 14.4 Å². The van der Waals surface area contributed by atoms with E-state index < -0.39 is 11.7 Å². The maximum atomic E-state index is 11.3. The Labute approximate surface area is 96.7 Å².